The summed E-state index contributed by atoms with van der Waals surface area (Å²) in [4.78, 5) is 10.6. The number of hydrogen-bond donors (Lipinski definition) is 1. The Morgan fingerprint density at radius 1 is 1.78 bits per heavy atom. The summed E-state index contributed by atoms with van der Waals surface area (Å²) < 4.78 is 0.385. The van der Waals surface area contributed by atoms with Gasteiger partial charge in [0.2, 0.25) is 0 Å². The smallest absolute Gasteiger partial charge is 0.257 e. The minimum absolute atomic E-state index is 0.128. The highest BCUT2D eigenvalue weighted by atomic mass is 79.9. The topological polar surface area (TPSA) is 29.1 Å². The Morgan fingerprint density at radius 3 is 2.67 bits per heavy atom. The maximum atomic E-state index is 10.6. The lowest BCUT2D eigenvalue weighted by molar-refractivity contribution is -0.116. The van der Waals surface area contributed by atoms with Crippen LogP contribution in [-0.2, 0) is 4.79 Å². The lowest BCUT2D eigenvalue weighted by Gasteiger charge is -1.98. The van der Waals surface area contributed by atoms with Crippen LogP contribution in [0.25, 0.3) is 0 Å². The van der Waals surface area contributed by atoms with E-state index in [0.29, 0.717) is 11.0 Å². The Morgan fingerprint density at radius 2 is 2.33 bits per heavy atom. The molecule has 9 heavy (non-hydrogen) atoms. The number of nitrogens with one attached hydrogen (secondary N) is 1. The molecule has 0 aromatic carbocycles. The molecule has 0 aromatic rings. The zero-order chi connectivity index (χ0) is 7.28. The first-order valence-electron chi connectivity index (χ1n) is 2.81. The van der Waals surface area contributed by atoms with E-state index in [2.05, 4.69) is 27.8 Å². The Balaban J connectivity index is 3.39. The first kappa shape index (κ1) is 8.69. The fraction of sp³-hybridized carbons (Fsp3) is 0.500. The molecular formula is C6H10BrNO. The van der Waals surface area contributed by atoms with E-state index in [1.165, 1.54) is 0 Å². The first-order valence-corrected chi connectivity index (χ1v) is 3.60. The van der Waals surface area contributed by atoms with Crippen LogP contribution in [0.2, 0.25) is 0 Å². The molecule has 52 valence electrons. The lowest BCUT2D eigenvalue weighted by Crippen LogP contribution is -2.23. The van der Waals surface area contributed by atoms with Crippen LogP contribution in [-0.4, -0.2) is 12.5 Å². The Kier molecular flexibility index (Phi) is 4.40. The van der Waals surface area contributed by atoms with Crippen LogP contribution in [0.5, 0.6) is 0 Å². The van der Waals surface area contributed by atoms with Crippen molar-refractivity contribution in [2.24, 2.45) is 0 Å². The van der Waals surface area contributed by atoms with Crippen LogP contribution in [0.3, 0.4) is 0 Å². The number of halogens is 1. The van der Waals surface area contributed by atoms with Gasteiger partial charge in [0.1, 0.15) is 0 Å². The van der Waals surface area contributed by atoms with Crippen molar-refractivity contribution in [1.82, 2.24) is 5.32 Å². The summed E-state index contributed by atoms with van der Waals surface area (Å²) >= 11 is 2.96. The molecule has 0 aliphatic rings. The number of carbonyl (C=O) groups excluding carboxylic acids is 1. The molecule has 0 rings (SSSR count). The molecule has 0 aliphatic heterocycles. The second kappa shape index (κ2) is 4.56. The summed E-state index contributed by atoms with van der Waals surface area (Å²) in [7, 11) is 0. The van der Waals surface area contributed by atoms with Gasteiger partial charge in [-0.3, -0.25) is 4.79 Å². The van der Waals surface area contributed by atoms with Crippen molar-refractivity contribution in [1.29, 1.82) is 0 Å². The highest BCUT2D eigenvalue weighted by Crippen LogP contribution is 1.98. The molecule has 0 aliphatic carbocycles. The summed E-state index contributed by atoms with van der Waals surface area (Å²) in [5, 5.41) is 2.65. The number of carbonyl (C=O) groups is 1. The van der Waals surface area contributed by atoms with Gasteiger partial charge in [-0.15, -0.1) is 0 Å². The highest BCUT2D eigenvalue weighted by molar-refractivity contribution is 9.12. The average Bonchev–Trinajstić information content (AvgIpc) is 1.82. The molecule has 0 heterocycles. The van der Waals surface area contributed by atoms with Crippen LogP contribution < -0.4 is 5.32 Å². The zero-order valence-corrected chi connectivity index (χ0v) is 6.99. The molecule has 0 saturated carbocycles. The van der Waals surface area contributed by atoms with Crippen molar-refractivity contribution in [3.05, 3.63) is 11.1 Å². The Hall–Kier alpha value is -0.310. The Labute approximate surface area is 63.5 Å². The number of rotatable bonds is 3. The van der Waals surface area contributed by atoms with E-state index >= 15 is 0 Å². The van der Waals surface area contributed by atoms with Gasteiger partial charge >= 0.3 is 0 Å². The van der Waals surface area contributed by atoms with Gasteiger partial charge in [0, 0.05) is 6.54 Å². The van der Waals surface area contributed by atoms with Gasteiger partial charge in [-0.05, 0) is 22.4 Å². The van der Waals surface area contributed by atoms with E-state index < -0.39 is 0 Å². The van der Waals surface area contributed by atoms with Gasteiger partial charge in [-0.2, -0.15) is 0 Å². The number of amides is 1. The monoisotopic (exact) mass is 191 g/mol. The predicted octanol–water partition coefficient (Wildman–Crippen LogP) is 1.42. The van der Waals surface area contributed by atoms with E-state index in [1.807, 2.05) is 6.92 Å². The molecule has 0 spiro atoms. The van der Waals surface area contributed by atoms with E-state index in [-0.39, 0.29) is 5.91 Å². The van der Waals surface area contributed by atoms with Crippen LogP contribution in [0.1, 0.15) is 13.3 Å². The van der Waals surface area contributed by atoms with Crippen molar-refractivity contribution < 1.29 is 4.79 Å². The van der Waals surface area contributed by atoms with Gasteiger partial charge in [-0.25, -0.2) is 0 Å². The first-order chi connectivity index (χ1) is 4.18. The molecule has 0 radical (unpaired) electrons. The third-order valence-electron chi connectivity index (χ3n) is 0.782. The molecule has 0 saturated heterocycles. The molecule has 0 atom stereocenters. The predicted molar refractivity (Wildman–Crippen MR) is 41.4 cm³/mol. The Bertz CT molecular complexity index is 122. The second-order valence-electron chi connectivity index (χ2n) is 1.66. The van der Waals surface area contributed by atoms with Crippen molar-refractivity contribution in [3.63, 3.8) is 0 Å². The van der Waals surface area contributed by atoms with E-state index in [4.69, 9.17) is 0 Å². The van der Waals surface area contributed by atoms with Crippen LogP contribution in [0.15, 0.2) is 11.1 Å². The van der Waals surface area contributed by atoms with Crippen LogP contribution in [0, 0.1) is 0 Å². The van der Waals surface area contributed by atoms with Gasteiger partial charge < -0.3 is 5.32 Å². The van der Waals surface area contributed by atoms with Crippen molar-refractivity contribution in [2.45, 2.75) is 13.3 Å². The largest absolute Gasteiger partial charge is 0.352 e. The molecule has 1 amide bonds. The van der Waals surface area contributed by atoms with Crippen molar-refractivity contribution >= 4 is 21.8 Å². The van der Waals surface area contributed by atoms with Crippen LogP contribution in [0.4, 0.5) is 0 Å². The zero-order valence-electron chi connectivity index (χ0n) is 5.41. The normalized spacial score (nSPS) is 8.67. The quantitative estimate of drug-likeness (QED) is 0.673. The summed E-state index contributed by atoms with van der Waals surface area (Å²) in [6.07, 6.45) is 0.950. The SMILES string of the molecule is C=C(Br)C(=O)NCCC. The van der Waals surface area contributed by atoms with E-state index in [1.54, 1.807) is 0 Å². The standard InChI is InChI=1S/C6H10BrNO/c1-3-4-8-6(9)5(2)7/h2-4H2,1H3,(H,8,9). The minimum atomic E-state index is -0.128. The maximum absolute atomic E-state index is 10.6. The van der Waals surface area contributed by atoms with Gasteiger partial charge in [-0.1, -0.05) is 13.5 Å². The minimum Gasteiger partial charge on any atom is -0.352 e. The maximum Gasteiger partial charge on any atom is 0.257 e. The van der Waals surface area contributed by atoms with Crippen molar-refractivity contribution in [3.8, 4) is 0 Å². The molecular weight excluding hydrogens is 182 g/mol. The summed E-state index contributed by atoms with van der Waals surface area (Å²) in [5.41, 5.74) is 0. The molecule has 3 heteroatoms. The number of hydrogen-bond acceptors (Lipinski definition) is 1. The molecule has 0 unspecified atom stereocenters. The molecule has 0 fully saturated rings. The van der Waals surface area contributed by atoms with Crippen LogP contribution >= 0.6 is 15.9 Å². The molecule has 0 aromatic heterocycles. The summed E-state index contributed by atoms with van der Waals surface area (Å²) in [6, 6.07) is 0. The summed E-state index contributed by atoms with van der Waals surface area (Å²) in [6.45, 7) is 6.12. The third kappa shape index (κ3) is 4.21. The fourth-order valence-corrected chi connectivity index (χ4v) is 0.475. The van der Waals surface area contributed by atoms with E-state index in [9.17, 15) is 4.79 Å². The van der Waals surface area contributed by atoms with Gasteiger partial charge in [0.15, 0.2) is 0 Å². The average molecular weight is 192 g/mol. The lowest BCUT2D eigenvalue weighted by atomic mass is 10.4. The fourth-order valence-electron chi connectivity index (χ4n) is 0.334. The molecule has 2 nitrogen and oxygen atoms in total. The van der Waals surface area contributed by atoms with E-state index in [0.717, 1.165) is 6.42 Å². The third-order valence-corrected chi connectivity index (χ3v) is 1.14. The molecule has 0 bridgehead atoms. The van der Waals surface area contributed by atoms with Gasteiger partial charge in [0.05, 0.1) is 4.48 Å². The molecule has 1 N–H and O–H groups in total. The van der Waals surface area contributed by atoms with Crippen molar-refractivity contribution in [2.75, 3.05) is 6.54 Å². The highest BCUT2D eigenvalue weighted by Gasteiger charge is 1.98. The second-order valence-corrected chi connectivity index (χ2v) is 2.62. The van der Waals surface area contributed by atoms with Gasteiger partial charge in [0.25, 0.3) is 5.91 Å². The summed E-state index contributed by atoms with van der Waals surface area (Å²) in [5.74, 6) is -0.128.